The molecule has 2 rings (SSSR count). The van der Waals surface area contributed by atoms with E-state index in [0.29, 0.717) is 16.7 Å². The average Bonchev–Trinajstić information content (AvgIpc) is 2.34. The van der Waals surface area contributed by atoms with Crippen molar-refractivity contribution in [3.8, 4) is 0 Å². The minimum Gasteiger partial charge on any atom is -0.322 e. The van der Waals surface area contributed by atoms with E-state index in [4.69, 9.17) is 12.2 Å². The summed E-state index contributed by atoms with van der Waals surface area (Å²) in [5.41, 5.74) is -0.107. The lowest BCUT2D eigenvalue weighted by Gasteiger charge is -2.31. The quantitative estimate of drug-likeness (QED) is 0.837. The smallest absolute Gasteiger partial charge is 0.251 e. The summed E-state index contributed by atoms with van der Waals surface area (Å²) in [4.78, 5) is 13.9. The number of rotatable bonds is 3. The topological polar surface area (TPSA) is 37.8 Å². The molecule has 0 aromatic carbocycles. The van der Waals surface area contributed by atoms with Gasteiger partial charge in [0.15, 0.2) is 4.77 Å². The van der Waals surface area contributed by atoms with E-state index in [-0.39, 0.29) is 5.56 Å². The van der Waals surface area contributed by atoms with Gasteiger partial charge in [-0.25, -0.2) is 0 Å². The normalized spacial score (nSPS) is 19.1. The number of nitrogens with zero attached hydrogens (tertiary/aromatic N) is 1. The highest BCUT2D eigenvalue weighted by Crippen LogP contribution is 2.34. The van der Waals surface area contributed by atoms with Gasteiger partial charge in [0.2, 0.25) is 0 Å². The zero-order valence-electron chi connectivity index (χ0n) is 10.3. The first-order valence-corrected chi connectivity index (χ1v) is 6.94. The molecule has 17 heavy (non-hydrogen) atoms. The first kappa shape index (κ1) is 12.6. The lowest BCUT2D eigenvalue weighted by atomic mass is 9.83. The lowest BCUT2D eigenvalue weighted by molar-refractivity contribution is 0.239. The van der Waals surface area contributed by atoms with Gasteiger partial charge < -0.3 is 4.57 Å². The van der Waals surface area contributed by atoms with Crippen LogP contribution in [0.4, 0.5) is 0 Å². The molecule has 1 unspecified atom stereocenters. The van der Waals surface area contributed by atoms with E-state index in [1.54, 1.807) is 6.07 Å². The maximum absolute atomic E-state index is 11.2. The fourth-order valence-corrected chi connectivity index (χ4v) is 3.26. The summed E-state index contributed by atoms with van der Waals surface area (Å²) in [5.74, 6) is 0.714. The molecule has 1 aromatic heterocycles. The van der Waals surface area contributed by atoms with E-state index in [2.05, 4.69) is 16.5 Å². The summed E-state index contributed by atoms with van der Waals surface area (Å²) in [7, 11) is 0. The van der Waals surface area contributed by atoms with Crippen LogP contribution in [-0.4, -0.2) is 9.55 Å². The molecule has 0 bridgehead atoms. The van der Waals surface area contributed by atoms with Crippen LogP contribution >= 0.6 is 12.2 Å². The molecule has 1 saturated carbocycles. The van der Waals surface area contributed by atoms with Gasteiger partial charge in [-0.2, -0.15) is 0 Å². The number of nitrogens with one attached hydrogen (secondary N) is 1. The van der Waals surface area contributed by atoms with Crippen LogP contribution in [0.25, 0.3) is 0 Å². The van der Waals surface area contributed by atoms with E-state index in [1.807, 2.05) is 6.20 Å². The first-order valence-electron chi connectivity index (χ1n) is 6.54. The van der Waals surface area contributed by atoms with Crippen molar-refractivity contribution in [3.63, 3.8) is 0 Å². The number of hydrogen-bond donors (Lipinski definition) is 1. The second-order valence-electron chi connectivity index (χ2n) is 4.89. The Balaban J connectivity index is 2.27. The molecule has 0 aliphatic heterocycles. The second kappa shape index (κ2) is 5.63. The standard InChI is InChI=1S/C13H20N2OS/c1-2-11(10-6-4-3-5-7-10)15-9-8-12(16)14-13(15)17/h8-11H,2-7H2,1H3,(H,14,16,17). The third-order valence-electron chi connectivity index (χ3n) is 3.82. The van der Waals surface area contributed by atoms with Crippen molar-refractivity contribution < 1.29 is 0 Å². The van der Waals surface area contributed by atoms with Crippen LogP contribution in [0.5, 0.6) is 0 Å². The van der Waals surface area contributed by atoms with Gasteiger partial charge >= 0.3 is 0 Å². The van der Waals surface area contributed by atoms with Crippen molar-refractivity contribution in [1.29, 1.82) is 0 Å². The molecule has 1 aromatic rings. The Labute approximate surface area is 107 Å². The van der Waals surface area contributed by atoms with E-state index in [9.17, 15) is 4.79 Å². The molecule has 94 valence electrons. The van der Waals surface area contributed by atoms with Gasteiger partial charge in [0.05, 0.1) is 0 Å². The Morgan fingerprint density at radius 2 is 2.18 bits per heavy atom. The number of hydrogen-bond acceptors (Lipinski definition) is 2. The van der Waals surface area contributed by atoms with Crippen LogP contribution in [0.1, 0.15) is 51.5 Å². The van der Waals surface area contributed by atoms with Crippen LogP contribution in [0, 0.1) is 10.7 Å². The van der Waals surface area contributed by atoms with Crippen LogP contribution in [-0.2, 0) is 0 Å². The fourth-order valence-electron chi connectivity index (χ4n) is 2.96. The van der Waals surface area contributed by atoms with E-state index < -0.39 is 0 Å². The van der Waals surface area contributed by atoms with Gasteiger partial charge in [-0.1, -0.05) is 26.2 Å². The van der Waals surface area contributed by atoms with Gasteiger partial charge in [0.1, 0.15) is 0 Å². The molecular formula is C13H20N2OS. The minimum absolute atomic E-state index is 0.107. The lowest BCUT2D eigenvalue weighted by Crippen LogP contribution is -2.24. The van der Waals surface area contributed by atoms with Gasteiger partial charge in [0.25, 0.3) is 5.56 Å². The molecule has 0 spiro atoms. The van der Waals surface area contributed by atoms with Crippen LogP contribution in [0.2, 0.25) is 0 Å². The molecule has 0 radical (unpaired) electrons. The Morgan fingerprint density at radius 3 is 2.76 bits per heavy atom. The van der Waals surface area contributed by atoms with Crippen molar-refractivity contribution in [2.45, 2.75) is 51.5 Å². The molecule has 1 heterocycles. The predicted octanol–water partition coefficient (Wildman–Crippen LogP) is 3.44. The maximum Gasteiger partial charge on any atom is 0.251 e. The second-order valence-corrected chi connectivity index (χ2v) is 5.28. The molecule has 1 aliphatic carbocycles. The molecule has 1 N–H and O–H groups in total. The SMILES string of the molecule is CCC(C1CCCCC1)n1ccc(=O)[nH]c1=S. The monoisotopic (exact) mass is 252 g/mol. The van der Waals surface area contributed by atoms with E-state index in [0.717, 1.165) is 6.42 Å². The van der Waals surface area contributed by atoms with Crippen molar-refractivity contribution in [2.75, 3.05) is 0 Å². The van der Waals surface area contributed by atoms with Crippen molar-refractivity contribution in [2.24, 2.45) is 5.92 Å². The molecule has 0 amide bonds. The van der Waals surface area contributed by atoms with Crippen molar-refractivity contribution >= 4 is 12.2 Å². The zero-order valence-corrected chi connectivity index (χ0v) is 11.1. The number of aromatic nitrogens is 2. The average molecular weight is 252 g/mol. The number of H-pyrrole nitrogens is 1. The van der Waals surface area contributed by atoms with Gasteiger partial charge in [0, 0.05) is 18.3 Å². The van der Waals surface area contributed by atoms with Crippen LogP contribution in [0.15, 0.2) is 17.1 Å². The summed E-state index contributed by atoms with van der Waals surface area (Å²) in [6, 6.07) is 2.01. The third-order valence-corrected chi connectivity index (χ3v) is 4.13. The third kappa shape index (κ3) is 2.86. The fraction of sp³-hybridized carbons (Fsp3) is 0.692. The highest BCUT2D eigenvalue weighted by Gasteiger charge is 2.23. The molecule has 4 heteroatoms. The van der Waals surface area contributed by atoms with Gasteiger partial charge in [-0.15, -0.1) is 0 Å². The van der Waals surface area contributed by atoms with Crippen LogP contribution < -0.4 is 5.56 Å². The largest absolute Gasteiger partial charge is 0.322 e. The number of aromatic amines is 1. The summed E-state index contributed by atoms with van der Waals surface area (Å²) >= 11 is 5.26. The van der Waals surface area contributed by atoms with E-state index >= 15 is 0 Å². The van der Waals surface area contributed by atoms with Crippen molar-refractivity contribution in [3.05, 3.63) is 27.4 Å². The molecule has 1 fully saturated rings. The molecule has 1 atom stereocenters. The van der Waals surface area contributed by atoms with Gasteiger partial charge in [-0.05, 0) is 37.4 Å². The highest BCUT2D eigenvalue weighted by molar-refractivity contribution is 7.71. The summed E-state index contributed by atoms with van der Waals surface area (Å²) in [6.45, 7) is 2.20. The summed E-state index contributed by atoms with van der Waals surface area (Å²) in [5, 5.41) is 0. The first-order chi connectivity index (χ1) is 8.22. The molecular weight excluding hydrogens is 232 g/mol. The molecule has 1 aliphatic rings. The Kier molecular flexibility index (Phi) is 4.15. The van der Waals surface area contributed by atoms with Crippen molar-refractivity contribution in [1.82, 2.24) is 9.55 Å². The van der Waals surface area contributed by atoms with Crippen LogP contribution in [0.3, 0.4) is 0 Å². The summed E-state index contributed by atoms with van der Waals surface area (Å²) in [6.07, 6.45) is 9.54. The molecule has 0 saturated heterocycles. The maximum atomic E-state index is 11.2. The predicted molar refractivity (Wildman–Crippen MR) is 71.8 cm³/mol. The Morgan fingerprint density at radius 1 is 1.47 bits per heavy atom. The molecule has 3 nitrogen and oxygen atoms in total. The highest BCUT2D eigenvalue weighted by atomic mass is 32.1. The van der Waals surface area contributed by atoms with Gasteiger partial charge in [-0.3, -0.25) is 9.78 Å². The minimum atomic E-state index is -0.107. The zero-order chi connectivity index (χ0) is 12.3. The Hall–Kier alpha value is -0.900. The Bertz CT molecular complexity index is 471. The summed E-state index contributed by atoms with van der Waals surface area (Å²) < 4.78 is 2.64. The van der Waals surface area contributed by atoms with E-state index in [1.165, 1.54) is 32.1 Å².